The molecule has 0 radical (unpaired) electrons. The Bertz CT molecular complexity index is 178. The zero-order chi connectivity index (χ0) is 14.3. The molecule has 0 rings (SSSR count). The van der Waals surface area contributed by atoms with Gasteiger partial charge in [-0.05, 0) is 0 Å². The van der Waals surface area contributed by atoms with Gasteiger partial charge >= 0.3 is 111 Å². The van der Waals surface area contributed by atoms with E-state index >= 15 is 0 Å². The predicted molar refractivity (Wildman–Crippen MR) is 76.7 cm³/mol. The van der Waals surface area contributed by atoms with E-state index in [0.29, 0.717) is 0 Å². The summed E-state index contributed by atoms with van der Waals surface area (Å²) in [5, 5.41) is 0. The maximum absolute atomic E-state index is 8.88. The largest absolute Gasteiger partial charge is 0.466 e. The fraction of sp³-hybridized carbons (Fsp3) is 1.00. The van der Waals surface area contributed by atoms with E-state index in [1.807, 2.05) is 0 Å². The Morgan fingerprint density at radius 2 is 1.06 bits per heavy atom. The van der Waals surface area contributed by atoms with Crippen molar-refractivity contribution in [2.24, 2.45) is 0 Å². The maximum Gasteiger partial charge on any atom is 0.466 e. The van der Waals surface area contributed by atoms with Crippen LogP contribution in [0.25, 0.3) is 0 Å². The van der Waals surface area contributed by atoms with Crippen molar-refractivity contribution >= 4 is 35.8 Å². The topological polar surface area (TPSA) is 77.8 Å². The third kappa shape index (κ3) is 36.0. The van der Waals surface area contributed by atoms with Crippen LogP contribution in [0.15, 0.2) is 0 Å². The number of hydrogen-bond donors (Lipinski definition) is 3. The van der Waals surface area contributed by atoms with Crippen molar-refractivity contribution in [3.05, 3.63) is 0 Å². The molecule has 0 saturated heterocycles. The van der Waals surface area contributed by atoms with Gasteiger partial charge in [-0.25, -0.2) is 4.57 Å². The molecule has 0 aromatic heterocycles. The van der Waals surface area contributed by atoms with Crippen molar-refractivity contribution in [3.8, 4) is 0 Å². The first kappa shape index (κ1) is 21.4. The normalized spacial score (nSPS) is 11.0. The molecular formula is C12H28NaO4P. The Morgan fingerprint density at radius 1 is 0.778 bits per heavy atom. The average molecular weight is 290 g/mol. The minimum absolute atomic E-state index is 1.38. The third-order valence-corrected chi connectivity index (χ3v) is 3.41. The van der Waals surface area contributed by atoms with Crippen molar-refractivity contribution in [3.63, 3.8) is 0 Å². The zero-order valence-electron chi connectivity index (χ0n) is 12.0. The Balaban J connectivity index is 0. The van der Waals surface area contributed by atoms with E-state index in [1.54, 1.807) is 0 Å². The second-order valence-corrected chi connectivity index (χ2v) is 6.72. The molecule has 0 unspecified atom stereocenters. The maximum atomic E-state index is 8.88. The van der Waals surface area contributed by atoms with Crippen molar-refractivity contribution in [2.75, 3.05) is 0 Å². The van der Waals surface area contributed by atoms with E-state index in [-0.39, 0.29) is 0 Å². The summed E-state index contributed by atoms with van der Waals surface area (Å²) in [6, 6.07) is 0. The number of phosphoric acid groups is 1. The van der Waals surface area contributed by atoms with Gasteiger partial charge in [0.1, 0.15) is 0 Å². The van der Waals surface area contributed by atoms with Crippen LogP contribution >= 0.6 is 7.82 Å². The van der Waals surface area contributed by atoms with Gasteiger partial charge < -0.3 is 14.7 Å². The van der Waals surface area contributed by atoms with Crippen molar-refractivity contribution < 1.29 is 19.2 Å². The minimum atomic E-state index is -4.64. The Kier molecular flexibility index (Phi) is 19.2. The van der Waals surface area contributed by atoms with Crippen molar-refractivity contribution in [1.29, 1.82) is 0 Å². The van der Waals surface area contributed by atoms with Gasteiger partial charge in [-0.2, -0.15) is 0 Å². The predicted octanol–water partition coefficient (Wildman–Crippen LogP) is 3.57. The molecule has 0 saturated carbocycles. The molecule has 0 bridgehead atoms. The smallest absolute Gasteiger partial charge is 0.303 e. The molecule has 106 valence electrons. The van der Waals surface area contributed by atoms with Crippen LogP contribution in [-0.4, -0.2) is 42.6 Å². The van der Waals surface area contributed by atoms with Crippen LogP contribution in [0.4, 0.5) is 0 Å². The molecule has 6 heteroatoms. The molecule has 18 heavy (non-hydrogen) atoms. The fourth-order valence-electron chi connectivity index (χ4n) is 1.74. The van der Waals surface area contributed by atoms with Gasteiger partial charge in [-0.15, -0.1) is 0 Å². The second kappa shape index (κ2) is 16.2. The summed E-state index contributed by atoms with van der Waals surface area (Å²) >= 11 is 1.41. The van der Waals surface area contributed by atoms with E-state index < -0.39 is 7.82 Å². The monoisotopic (exact) mass is 290 g/mol. The Labute approximate surface area is 129 Å². The van der Waals surface area contributed by atoms with Crippen molar-refractivity contribution in [2.45, 2.75) is 74.8 Å². The van der Waals surface area contributed by atoms with Gasteiger partial charge in [0.05, 0.1) is 0 Å². The van der Waals surface area contributed by atoms with Gasteiger partial charge in [-0.3, -0.25) is 0 Å². The molecule has 0 heterocycles. The number of rotatable bonds is 10. The molecule has 0 amide bonds. The Hall–Kier alpha value is 1.11. The molecule has 4 nitrogen and oxygen atoms in total. The molecule has 0 aromatic carbocycles. The molecule has 0 aliphatic carbocycles. The van der Waals surface area contributed by atoms with Crippen LogP contribution in [0, 0.1) is 0 Å². The first-order chi connectivity index (χ1) is 8.41. The summed E-state index contributed by atoms with van der Waals surface area (Å²) in [7, 11) is -4.64. The van der Waals surface area contributed by atoms with E-state index in [2.05, 4.69) is 6.92 Å². The summed E-state index contributed by atoms with van der Waals surface area (Å²) in [4.78, 5) is 21.6. The minimum Gasteiger partial charge on any atom is -0.303 e. The fourth-order valence-corrected chi connectivity index (χ4v) is 2.24. The Morgan fingerprint density at radius 3 is 1.33 bits per heavy atom. The first-order valence-electron chi connectivity index (χ1n) is 7.20. The van der Waals surface area contributed by atoms with Gasteiger partial charge in [0, 0.05) is 0 Å². The standard InChI is InChI=1S/C12H25.Na.H3O4P/c1-3-5-7-9-11-12-10-8-6-4-2;;1-5(2,3)4/h1,3-12H2,2H3;;(H3,1,2,3,4). The quantitative estimate of drug-likeness (QED) is 0.326. The van der Waals surface area contributed by atoms with Crippen LogP contribution in [0.2, 0.25) is 3.67 Å². The van der Waals surface area contributed by atoms with Crippen LogP contribution < -0.4 is 0 Å². The number of unbranched alkanes of at least 4 members (excludes halogenated alkanes) is 9. The van der Waals surface area contributed by atoms with Crippen molar-refractivity contribution in [1.82, 2.24) is 0 Å². The van der Waals surface area contributed by atoms with E-state index in [9.17, 15) is 0 Å². The summed E-state index contributed by atoms with van der Waals surface area (Å²) in [6.45, 7) is 2.29. The first-order valence-corrected chi connectivity index (χ1v) is 10.2. The van der Waals surface area contributed by atoms with Crippen LogP contribution in [0.3, 0.4) is 0 Å². The SMILES string of the molecule is CCCCCCCCCCC[CH2][Na].O=P(O)(O)O. The van der Waals surface area contributed by atoms with Crippen LogP contribution in [0.1, 0.15) is 71.1 Å². The summed E-state index contributed by atoms with van der Waals surface area (Å²) in [5.41, 5.74) is 0. The zero-order valence-corrected chi connectivity index (χ0v) is 14.9. The summed E-state index contributed by atoms with van der Waals surface area (Å²) in [6.07, 6.45) is 14.7. The molecule has 3 N–H and O–H groups in total. The third-order valence-electron chi connectivity index (χ3n) is 2.71. The summed E-state index contributed by atoms with van der Waals surface area (Å²) in [5.74, 6) is 0. The molecule has 0 atom stereocenters. The second-order valence-electron chi connectivity index (χ2n) is 4.70. The van der Waals surface area contributed by atoms with Gasteiger partial charge in [0.15, 0.2) is 0 Å². The summed E-state index contributed by atoms with van der Waals surface area (Å²) < 4.78 is 10.4. The molecule has 0 fully saturated rings. The molecule has 0 aromatic rings. The van der Waals surface area contributed by atoms with E-state index in [1.165, 1.54) is 95.8 Å². The van der Waals surface area contributed by atoms with E-state index in [0.717, 1.165) is 0 Å². The molecular weight excluding hydrogens is 262 g/mol. The number of hydrogen-bond acceptors (Lipinski definition) is 1. The van der Waals surface area contributed by atoms with Gasteiger partial charge in [-0.1, -0.05) is 0 Å². The molecule has 0 aliphatic heterocycles. The molecule has 0 aliphatic rings. The average Bonchev–Trinajstić information content (AvgIpc) is 2.25. The van der Waals surface area contributed by atoms with Gasteiger partial charge in [0.2, 0.25) is 0 Å². The van der Waals surface area contributed by atoms with Crippen LogP contribution in [-0.2, 0) is 4.57 Å². The van der Waals surface area contributed by atoms with Gasteiger partial charge in [0.25, 0.3) is 0 Å². The van der Waals surface area contributed by atoms with E-state index in [4.69, 9.17) is 19.2 Å². The molecule has 0 spiro atoms. The van der Waals surface area contributed by atoms with Crippen LogP contribution in [0.5, 0.6) is 0 Å².